The molecule has 1 rings (SSSR count). The molecule has 1 atom stereocenters. The van der Waals surface area contributed by atoms with Crippen molar-refractivity contribution in [2.24, 2.45) is 11.7 Å². The molecular formula is C10H19N3O2. The van der Waals surface area contributed by atoms with Crippen LogP contribution in [0, 0.1) is 5.92 Å². The third-order valence-electron chi connectivity index (χ3n) is 2.64. The van der Waals surface area contributed by atoms with Crippen LogP contribution in [0.4, 0.5) is 0 Å². The summed E-state index contributed by atoms with van der Waals surface area (Å²) in [6.07, 6.45) is 1.29. The van der Waals surface area contributed by atoms with Gasteiger partial charge in [0.25, 0.3) is 0 Å². The Bertz CT molecular complexity index is 243. The summed E-state index contributed by atoms with van der Waals surface area (Å²) in [7, 11) is 0. The lowest BCUT2D eigenvalue weighted by molar-refractivity contribution is -0.138. The molecule has 0 aromatic carbocycles. The molecule has 1 aliphatic rings. The van der Waals surface area contributed by atoms with Crippen LogP contribution in [-0.2, 0) is 9.59 Å². The maximum absolute atomic E-state index is 11.7. The number of amides is 2. The summed E-state index contributed by atoms with van der Waals surface area (Å²) in [5.41, 5.74) is 5.47. The predicted octanol–water partition coefficient (Wildman–Crippen LogP) is -0.680. The van der Waals surface area contributed by atoms with Crippen LogP contribution in [0.25, 0.3) is 0 Å². The van der Waals surface area contributed by atoms with Crippen LogP contribution >= 0.6 is 0 Å². The number of carbonyl (C=O) groups excluding carboxylic acids is 2. The second-order valence-corrected chi connectivity index (χ2v) is 4.04. The van der Waals surface area contributed by atoms with E-state index in [0.29, 0.717) is 32.0 Å². The molecule has 0 aromatic rings. The summed E-state index contributed by atoms with van der Waals surface area (Å²) in [6.45, 7) is 4.03. The van der Waals surface area contributed by atoms with Crippen molar-refractivity contribution in [3.05, 3.63) is 0 Å². The Morgan fingerprint density at radius 3 is 3.00 bits per heavy atom. The molecule has 5 nitrogen and oxygen atoms in total. The highest BCUT2D eigenvalue weighted by Gasteiger charge is 2.20. The third kappa shape index (κ3) is 3.87. The number of hydrogen-bond acceptors (Lipinski definition) is 3. The Kier molecular flexibility index (Phi) is 4.55. The van der Waals surface area contributed by atoms with Crippen LogP contribution in [0.5, 0.6) is 0 Å². The molecule has 1 fully saturated rings. The molecule has 0 aromatic heterocycles. The van der Waals surface area contributed by atoms with Crippen molar-refractivity contribution in [3.63, 3.8) is 0 Å². The van der Waals surface area contributed by atoms with E-state index in [0.717, 1.165) is 6.42 Å². The molecule has 0 bridgehead atoms. The summed E-state index contributed by atoms with van der Waals surface area (Å²) in [6, 6.07) is 0. The number of nitrogens with one attached hydrogen (secondary N) is 1. The van der Waals surface area contributed by atoms with E-state index in [-0.39, 0.29) is 18.4 Å². The zero-order valence-corrected chi connectivity index (χ0v) is 9.16. The normalized spacial score (nSPS) is 18.5. The minimum absolute atomic E-state index is 0.0603. The molecule has 15 heavy (non-hydrogen) atoms. The van der Waals surface area contributed by atoms with Crippen molar-refractivity contribution in [2.45, 2.75) is 19.8 Å². The molecule has 1 aliphatic heterocycles. The van der Waals surface area contributed by atoms with Crippen LogP contribution in [0.3, 0.4) is 0 Å². The van der Waals surface area contributed by atoms with Gasteiger partial charge in [-0.05, 0) is 18.9 Å². The van der Waals surface area contributed by atoms with Crippen molar-refractivity contribution in [1.82, 2.24) is 10.2 Å². The summed E-state index contributed by atoms with van der Waals surface area (Å²) in [4.78, 5) is 24.3. The van der Waals surface area contributed by atoms with Gasteiger partial charge in [0.2, 0.25) is 11.8 Å². The molecule has 0 saturated carbocycles. The van der Waals surface area contributed by atoms with E-state index in [2.05, 4.69) is 5.32 Å². The van der Waals surface area contributed by atoms with Crippen molar-refractivity contribution in [3.8, 4) is 0 Å². The van der Waals surface area contributed by atoms with Gasteiger partial charge in [-0.2, -0.15) is 0 Å². The van der Waals surface area contributed by atoms with Gasteiger partial charge in [-0.3, -0.25) is 9.59 Å². The maximum Gasteiger partial charge on any atom is 0.239 e. The first-order chi connectivity index (χ1) is 7.13. The second kappa shape index (κ2) is 5.70. The molecule has 1 saturated heterocycles. The molecular weight excluding hydrogens is 194 g/mol. The zero-order valence-electron chi connectivity index (χ0n) is 9.16. The lowest BCUT2D eigenvalue weighted by Gasteiger charge is -2.27. The lowest BCUT2D eigenvalue weighted by atomic mass is 10.1. The van der Waals surface area contributed by atoms with E-state index in [9.17, 15) is 9.59 Å². The van der Waals surface area contributed by atoms with Crippen molar-refractivity contribution < 1.29 is 9.59 Å². The van der Waals surface area contributed by atoms with E-state index >= 15 is 0 Å². The fourth-order valence-corrected chi connectivity index (χ4v) is 1.50. The van der Waals surface area contributed by atoms with Gasteiger partial charge in [0.15, 0.2) is 0 Å². The molecule has 0 spiro atoms. The Morgan fingerprint density at radius 2 is 2.40 bits per heavy atom. The van der Waals surface area contributed by atoms with Crippen LogP contribution in [0.2, 0.25) is 0 Å². The highest BCUT2D eigenvalue weighted by atomic mass is 16.2. The molecule has 1 heterocycles. The highest BCUT2D eigenvalue weighted by molar-refractivity contribution is 5.85. The van der Waals surface area contributed by atoms with E-state index in [4.69, 9.17) is 5.73 Å². The highest BCUT2D eigenvalue weighted by Crippen LogP contribution is 2.06. The largest absolute Gasteiger partial charge is 0.353 e. The topological polar surface area (TPSA) is 75.4 Å². The standard InChI is InChI=1S/C10H19N3O2/c1-8(6-11)2-3-10(15)13-5-4-12-9(14)7-13/h8H,2-7,11H2,1H3,(H,12,14). The fraction of sp³-hybridized carbons (Fsp3) is 0.800. The zero-order chi connectivity index (χ0) is 11.3. The third-order valence-corrected chi connectivity index (χ3v) is 2.64. The molecule has 86 valence electrons. The smallest absolute Gasteiger partial charge is 0.239 e. The summed E-state index contributed by atoms with van der Waals surface area (Å²) in [5, 5.41) is 2.69. The minimum Gasteiger partial charge on any atom is -0.353 e. The van der Waals surface area contributed by atoms with Gasteiger partial charge in [-0.15, -0.1) is 0 Å². The number of carbonyl (C=O) groups is 2. The first-order valence-corrected chi connectivity index (χ1v) is 5.38. The molecule has 0 aliphatic carbocycles. The Morgan fingerprint density at radius 1 is 1.67 bits per heavy atom. The van der Waals surface area contributed by atoms with Gasteiger partial charge in [-0.1, -0.05) is 6.92 Å². The van der Waals surface area contributed by atoms with Crippen molar-refractivity contribution in [2.75, 3.05) is 26.2 Å². The first kappa shape index (κ1) is 12.0. The monoisotopic (exact) mass is 213 g/mol. The number of piperazine rings is 1. The lowest BCUT2D eigenvalue weighted by Crippen LogP contribution is -2.50. The summed E-state index contributed by atoms with van der Waals surface area (Å²) in [5.74, 6) is 0.360. The molecule has 0 radical (unpaired) electrons. The number of hydrogen-bond donors (Lipinski definition) is 2. The van der Waals surface area contributed by atoms with Gasteiger partial charge in [-0.25, -0.2) is 0 Å². The number of nitrogens with two attached hydrogens (primary N) is 1. The predicted molar refractivity (Wildman–Crippen MR) is 57.0 cm³/mol. The maximum atomic E-state index is 11.7. The first-order valence-electron chi connectivity index (χ1n) is 5.38. The molecule has 1 unspecified atom stereocenters. The van der Waals surface area contributed by atoms with Crippen LogP contribution in [-0.4, -0.2) is 42.9 Å². The summed E-state index contributed by atoms with van der Waals surface area (Å²) >= 11 is 0. The van der Waals surface area contributed by atoms with Crippen molar-refractivity contribution in [1.29, 1.82) is 0 Å². The Labute approximate surface area is 90.0 Å². The average molecular weight is 213 g/mol. The quantitative estimate of drug-likeness (QED) is 0.649. The van der Waals surface area contributed by atoms with Crippen molar-refractivity contribution >= 4 is 11.8 Å². The van der Waals surface area contributed by atoms with Crippen LogP contribution in [0.15, 0.2) is 0 Å². The minimum atomic E-state index is -0.0681. The Hall–Kier alpha value is -1.10. The fourth-order valence-electron chi connectivity index (χ4n) is 1.50. The second-order valence-electron chi connectivity index (χ2n) is 4.04. The van der Waals surface area contributed by atoms with Crippen LogP contribution in [0.1, 0.15) is 19.8 Å². The van der Waals surface area contributed by atoms with Gasteiger partial charge < -0.3 is 16.0 Å². The van der Waals surface area contributed by atoms with Gasteiger partial charge in [0.1, 0.15) is 0 Å². The van der Waals surface area contributed by atoms with E-state index in [1.807, 2.05) is 6.92 Å². The number of rotatable bonds is 4. The van der Waals surface area contributed by atoms with E-state index < -0.39 is 0 Å². The molecule has 2 amide bonds. The van der Waals surface area contributed by atoms with Crippen LogP contribution < -0.4 is 11.1 Å². The summed E-state index contributed by atoms with van der Waals surface area (Å²) < 4.78 is 0. The van der Waals surface area contributed by atoms with Gasteiger partial charge >= 0.3 is 0 Å². The Balaban J connectivity index is 2.30. The number of nitrogens with zero attached hydrogens (tertiary/aromatic N) is 1. The molecule has 5 heteroatoms. The van der Waals surface area contributed by atoms with Gasteiger partial charge in [0, 0.05) is 19.5 Å². The van der Waals surface area contributed by atoms with Gasteiger partial charge in [0.05, 0.1) is 6.54 Å². The van der Waals surface area contributed by atoms with E-state index in [1.165, 1.54) is 0 Å². The average Bonchev–Trinajstić information content (AvgIpc) is 2.25. The SMILES string of the molecule is CC(CN)CCC(=O)N1CCNC(=O)C1. The van der Waals surface area contributed by atoms with E-state index in [1.54, 1.807) is 4.90 Å². The molecule has 3 N–H and O–H groups in total.